The summed E-state index contributed by atoms with van der Waals surface area (Å²) in [4.78, 5) is 27.6. The molecule has 104 valence electrons. The third-order valence-electron chi connectivity index (χ3n) is 3.84. The standard InChI is InChI=1S/C14H26N2O2/c1-5-8-13-9-12(10-15(6-2)7-3)14(18)16(13)11(4)17/h12-13H,5-10H2,1-4H3. The van der Waals surface area contributed by atoms with Gasteiger partial charge < -0.3 is 4.90 Å². The maximum absolute atomic E-state index is 12.3. The number of nitrogens with zero attached hydrogens (tertiary/aromatic N) is 2. The van der Waals surface area contributed by atoms with Crippen LogP contribution in [0.4, 0.5) is 0 Å². The lowest BCUT2D eigenvalue weighted by Crippen LogP contribution is -2.39. The van der Waals surface area contributed by atoms with Crippen LogP contribution in [-0.2, 0) is 9.59 Å². The van der Waals surface area contributed by atoms with Crippen LogP contribution in [0.15, 0.2) is 0 Å². The summed E-state index contributed by atoms with van der Waals surface area (Å²) in [6.07, 6.45) is 2.78. The van der Waals surface area contributed by atoms with E-state index in [9.17, 15) is 9.59 Å². The Hall–Kier alpha value is -0.900. The van der Waals surface area contributed by atoms with Gasteiger partial charge in [0.1, 0.15) is 0 Å². The first-order valence-electron chi connectivity index (χ1n) is 7.11. The fourth-order valence-corrected chi connectivity index (χ4v) is 2.85. The second-order valence-corrected chi connectivity index (χ2v) is 5.09. The smallest absolute Gasteiger partial charge is 0.233 e. The molecule has 4 heteroatoms. The molecule has 0 spiro atoms. The highest BCUT2D eigenvalue weighted by atomic mass is 16.2. The highest BCUT2D eigenvalue weighted by Crippen LogP contribution is 2.28. The second-order valence-electron chi connectivity index (χ2n) is 5.09. The summed E-state index contributed by atoms with van der Waals surface area (Å²) in [6.45, 7) is 10.5. The third-order valence-corrected chi connectivity index (χ3v) is 3.84. The number of hydrogen-bond donors (Lipinski definition) is 0. The van der Waals surface area contributed by atoms with Gasteiger partial charge in [-0.05, 0) is 25.9 Å². The van der Waals surface area contributed by atoms with Gasteiger partial charge in [-0.25, -0.2) is 0 Å². The molecule has 0 aliphatic carbocycles. The van der Waals surface area contributed by atoms with Crippen molar-refractivity contribution in [2.75, 3.05) is 19.6 Å². The molecule has 0 bridgehead atoms. The highest BCUT2D eigenvalue weighted by molar-refractivity contribution is 5.97. The van der Waals surface area contributed by atoms with Crippen LogP contribution in [0.25, 0.3) is 0 Å². The van der Waals surface area contributed by atoms with Gasteiger partial charge in [-0.2, -0.15) is 0 Å². The van der Waals surface area contributed by atoms with E-state index in [0.29, 0.717) is 0 Å². The quantitative estimate of drug-likeness (QED) is 0.727. The maximum Gasteiger partial charge on any atom is 0.233 e. The van der Waals surface area contributed by atoms with E-state index >= 15 is 0 Å². The van der Waals surface area contributed by atoms with Crippen LogP contribution in [0.5, 0.6) is 0 Å². The molecule has 1 aliphatic heterocycles. The van der Waals surface area contributed by atoms with Gasteiger partial charge in [0.2, 0.25) is 11.8 Å². The van der Waals surface area contributed by atoms with E-state index < -0.39 is 0 Å². The molecule has 1 saturated heterocycles. The average Bonchev–Trinajstić information content (AvgIpc) is 2.63. The topological polar surface area (TPSA) is 40.6 Å². The lowest BCUT2D eigenvalue weighted by Gasteiger charge is -2.21. The zero-order valence-corrected chi connectivity index (χ0v) is 12.1. The van der Waals surface area contributed by atoms with Crippen molar-refractivity contribution in [1.82, 2.24) is 9.80 Å². The minimum atomic E-state index is -0.0968. The Balaban J connectivity index is 2.72. The molecule has 2 unspecified atom stereocenters. The van der Waals surface area contributed by atoms with Crippen LogP contribution in [0, 0.1) is 5.92 Å². The van der Waals surface area contributed by atoms with E-state index in [-0.39, 0.29) is 23.8 Å². The molecular weight excluding hydrogens is 228 g/mol. The van der Waals surface area contributed by atoms with Crippen LogP contribution < -0.4 is 0 Å². The SMILES string of the molecule is CCCC1CC(CN(CC)CC)C(=O)N1C(C)=O. The van der Waals surface area contributed by atoms with Crippen LogP contribution in [0.3, 0.4) is 0 Å². The molecule has 0 aromatic heterocycles. The molecule has 1 heterocycles. The molecule has 4 nitrogen and oxygen atoms in total. The van der Waals surface area contributed by atoms with Crippen molar-refractivity contribution < 1.29 is 9.59 Å². The van der Waals surface area contributed by atoms with Crippen molar-refractivity contribution >= 4 is 11.8 Å². The molecule has 2 amide bonds. The second kappa shape index (κ2) is 6.88. The van der Waals surface area contributed by atoms with Crippen molar-refractivity contribution in [3.63, 3.8) is 0 Å². The van der Waals surface area contributed by atoms with Gasteiger partial charge in [0.25, 0.3) is 0 Å². The fraction of sp³-hybridized carbons (Fsp3) is 0.857. The van der Waals surface area contributed by atoms with Crippen molar-refractivity contribution in [3.05, 3.63) is 0 Å². The van der Waals surface area contributed by atoms with Crippen molar-refractivity contribution in [2.24, 2.45) is 5.92 Å². The minimum absolute atomic E-state index is 0.00495. The predicted molar refractivity (Wildman–Crippen MR) is 72.1 cm³/mol. The number of hydrogen-bond acceptors (Lipinski definition) is 3. The summed E-state index contributed by atoms with van der Waals surface area (Å²) in [6, 6.07) is 0.126. The average molecular weight is 254 g/mol. The molecule has 18 heavy (non-hydrogen) atoms. The Morgan fingerprint density at radius 1 is 1.33 bits per heavy atom. The Morgan fingerprint density at radius 2 is 1.94 bits per heavy atom. The minimum Gasteiger partial charge on any atom is -0.303 e. The first-order chi connectivity index (χ1) is 8.54. The molecule has 1 rings (SSSR count). The zero-order chi connectivity index (χ0) is 13.7. The summed E-state index contributed by atoms with van der Waals surface area (Å²) in [7, 11) is 0. The lowest BCUT2D eigenvalue weighted by atomic mass is 10.0. The lowest BCUT2D eigenvalue weighted by molar-refractivity contribution is -0.144. The van der Waals surface area contributed by atoms with E-state index in [1.165, 1.54) is 11.8 Å². The van der Waals surface area contributed by atoms with Crippen molar-refractivity contribution in [3.8, 4) is 0 Å². The molecule has 1 aliphatic rings. The molecular formula is C14H26N2O2. The normalized spacial score (nSPS) is 24.1. The first-order valence-corrected chi connectivity index (χ1v) is 7.11. The van der Waals surface area contributed by atoms with Gasteiger partial charge in [-0.1, -0.05) is 27.2 Å². The van der Waals surface area contributed by atoms with Gasteiger partial charge in [-0.3, -0.25) is 14.5 Å². The van der Waals surface area contributed by atoms with Gasteiger partial charge in [-0.15, -0.1) is 0 Å². The van der Waals surface area contributed by atoms with Crippen LogP contribution >= 0.6 is 0 Å². The molecule has 0 aromatic carbocycles. The van der Waals surface area contributed by atoms with Gasteiger partial charge >= 0.3 is 0 Å². The molecule has 0 saturated carbocycles. The fourth-order valence-electron chi connectivity index (χ4n) is 2.85. The number of carbonyl (C=O) groups excluding carboxylic acids is 2. The van der Waals surface area contributed by atoms with Gasteiger partial charge in [0.15, 0.2) is 0 Å². The van der Waals surface area contributed by atoms with Gasteiger partial charge in [0.05, 0.1) is 5.92 Å². The highest BCUT2D eigenvalue weighted by Gasteiger charge is 2.41. The Morgan fingerprint density at radius 3 is 2.39 bits per heavy atom. The van der Waals surface area contributed by atoms with E-state index in [2.05, 4.69) is 25.7 Å². The summed E-state index contributed by atoms with van der Waals surface area (Å²) >= 11 is 0. The van der Waals surface area contributed by atoms with Crippen molar-refractivity contribution in [2.45, 2.75) is 53.0 Å². The summed E-state index contributed by atoms with van der Waals surface area (Å²) in [5.41, 5.74) is 0. The number of carbonyl (C=O) groups is 2. The number of rotatable bonds is 6. The monoisotopic (exact) mass is 254 g/mol. The van der Waals surface area contributed by atoms with Crippen molar-refractivity contribution in [1.29, 1.82) is 0 Å². The first kappa shape index (κ1) is 15.2. The van der Waals surface area contributed by atoms with Crippen LogP contribution in [-0.4, -0.2) is 47.3 Å². The molecule has 0 N–H and O–H groups in total. The number of amides is 2. The van der Waals surface area contributed by atoms with E-state index in [4.69, 9.17) is 0 Å². The largest absolute Gasteiger partial charge is 0.303 e. The Bertz CT molecular complexity index is 300. The maximum atomic E-state index is 12.3. The van der Waals surface area contributed by atoms with E-state index in [1.807, 2.05) is 0 Å². The summed E-state index contributed by atoms with van der Waals surface area (Å²) in [5.74, 6) is -0.0568. The number of likely N-dealkylation sites (tertiary alicyclic amines) is 1. The predicted octanol–water partition coefficient (Wildman–Crippen LogP) is 1.89. The summed E-state index contributed by atoms with van der Waals surface area (Å²) < 4.78 is 0. The molecule has 0 aromatic rings. The van der Waals surface area contributed by atoms with Crippen LogP contribution in [0.1, 0.15) is 47.0 Å². The summed E-state index contributed by atoms with van der Waals surface area (Å²) in [5, 5.41) is 0. The van der Waals surface area contributed by atoms with Gasteiger partial charge in [0, 0.05) is 19.5 Å². The Kier molecular flexibility index (Phi) is 5.79. The van der Waals surface area contributed by atoms with E-state index in [1.54, 1.807) is 0 Å². The molecule has 0 radical (unpaired) electrons. The zero-order valence-electron chi connectivity index (χ0n) is 12.1. The molecule has 1 fully saturated rings. The van der Waals surface area contributed by atoms with E-state index in [0.717, 1.165) is 38.9 Å². The molecule has 2 atom stereocenters. The third kappa shape index (κ3) is 3.31. The van der Waals surface area contributed by atoms with Crippen LogP contribution in [0.2, 0.25) is 0 Å². The number of imide groups is 1. The Labute approximate surface area is 110 Å².